The molecule has 1 aliphatic rings. The molecule has 0 saturated heterocycles. The summed E-state index contributed by atoms with van der Waals surface area (Å²) in [4.78, 5) is 0. The number of hydrogen-bond donors (Lipinski definition) is 1. The van der Waals surface area contributed by atoms with Gasteiger partial charge in [0.25, 0.3) is 0 Å². The van der Waals surface area contributed by atoms with E-state index in [1.807, 2.05) is 28.9 Å². The van der Waals surface area contributed by atoms with Gasteiger partial charge in [-0.15, -0.1) is 5.10 Å². The number of anilines is 1. The van der Waals surface area contributed by atoms with Crippen molar-refractivity contribution in [2.75, 3.05) is 5.73 Å². The van der Waals surface area contributed by atoms with Gasteiger partial charge in [0.15, 0.2) is 5.82 Å². The molecular weight excluding hydrogens is 202 g/mol. The zero-order valence-corrected chi connectivity index (χ0v) is 8.87. The topological polar surface area (TPSA) is 69.6 Å². The standard InChI is InChI=1S/C11H13N5/c12-10-3-1-2-9(6-10)11-13-14-15-16(11)7-8-4-5-8/h1-3,6,8H,4-5,7,12H2. The zero-order valence-electron chi connectivity index (χ0n) is 8.87. The number of benzene rings is 1. The maximum Gasteiger partial charge on any atom is 0.182 e. The summed E-state index contributed by atoms with van der Waals surface area (Å²) in [5.74, 6) is 1.56. The number of nitrogens with zero attached hydrogens (tertiary/aromatic N) is 4. The molecule has 0 aliphatic heterocycles. The summed E-state index contributed by atoms with van der Waals surface area (Å²) < 4.78 is 1.87. The highest BCUT2D eigenvalue weighted by molar-refractivity contribution is 5.60. The summed E-state index contributed by atoms with van der Waals surface area (Å²) in [7, 11) is 0. The van der Waals surface area contributed by atoms with Crippen LogP contribution >= 0.6 is 0 Å². The van der Waals surface area contributed by atoms with E-state index in [9.17, 15) is 0 Å². The molecule has 0 amide bonds. The van der Waals surface area contributed by atoms with Gasteiger partial charge < -0.3 is 5.73 Å². The molecule has 1 aromatic carbocycles. The van der Waals surface area contributed by atoms with Gasteiger partial charge in [-0.25, -0.2) is 4.68 Å². The van der Waals surface area contributed by atoms with Crippen LogP contribution in [0.4, 0.5) is 5.69 Å². The molecular formula is C11H13N5. The first-order chi connectivity index (χ1) is 7.83. The molecule has 0 bridgehead atoms. The van der Waals surface area contributed by atoms with E-state index in [1.54, 1.807) is 0 Å². The first-order valence-corrected chi connectivity index (χ1v) is 5.45. The van der Waals surface area contributed by atoms with Gasteiger partial charge in [-0.1, -0.05) is 12.1 Å². The molecule has 0 unspecified atom stereocenters. The number of nitrogen functional groups attached to an aromatic ring is 1. The molecule has 3 rings (SSSR count). The molecule has 82 valence electrons. The van der Waals surface area contributed by atoms with Crippen LogP contribution in [-0.4, -0.2) is 20.2 Å². The fourth-order valence-electron chi connectivity index (χ4n) is 1.76. The normalized spacial score (nSPS) is 15.2. The molecule has 1 fully saturated rings. The minimum absolute atomic E-state index is 0.735. The van der Waals surface area contributed by atoms with E-state index in [-0.39, 0.29) is 0 Å². The Morgan fingerprint density at radius 3 is 3.00 bits per heavy atom. The van der Waals surface area contributed by atoms with Gasteiger partial charge in [-0.2, -0.15) is 0 Å². The van der Waals surface area contributed by atoms with Crippen LogP contribution in [0.3, 0.4) is 0 Å². The largest absolute Gasteiger partial charge is 0.399 e. The molecule has 1 aliphatic carbocycles. The Hall–Kier alpha value is -1.91. The van der Waals surface area contributed by atoms with E-state index in [0.29, 0.717) is 0 Å². The smallest absolute Gasteiger partial charge is 0.182 e. The Morgan fingerprint density at radius 1 is 1.38 bits per heavy atom. The molecule has 16 heavy (non-hydrogen) atoms. The number of hydrogen-bond acceptors (Lipinski definition) is 4. The van der Waals surface area contributed by atoms with Crippen LogP contribution in [0.25, 0.3) is 11.4 Å². The highest BCUT2D eigenvalue weighted by Gasteiger charge is 2.24. The van der Waals surface area contributed by atoms with Crippen molar-refractivity contribution in [3.05, 3.63) is 24.3 Å². The lowest BCUT2D eigenvalue weighted by Gasteiger charge is -2.03. The summed E-state index contributed by atoms with van der Waals surface area (Å²) >= 11 is 0. The van der Waals surface area contributed by atoms with Crippen LogP contribution in [0, 0.1) is 5.92 Å². The Balaban J connectivity index is 1.95. The van der Waals surface area contributed by atoms with Crippen LogP contribution in [-0.2, 0) is 6.54 Å². The Kier molecular flexibility index (Phi) is 2.09. The van der Waals surface area contributed by atoms with E-state index >= 15 is 0 Å². The Morgan fingerprint density at radius 2 is 2.25 bits per heavy atom. The van der Waals surface area contributed by atoms with Crippen LogP contribution < -0.4 is 5.73 Å². The highest BCUT2D eigenvalue weighted by atomic mass is 15.5. The van der Waals surface area contributed by atoms with Crippen LogP contribution in [0.2, 0.25) is 0 Å². The summed E-state index contributed by atoms with van der Waals surface area (Å²) in [6, 6.07) is 7.65. The molecule has 1 heterocycles. The zero-order chi connectivity index (χ0) is 11.0. The third-order valence-electron chi connectivity index (χ3n) is 2.80. The lowest BCUT2D eigenvalue weighted by atomic mass is 10.2. The van der Waals surface area contributed by atoms with Crippen molar-refractivity contribution >= 4 is 5.69 Å². The van der Waals surface area contributed by atoms with Crippen molar-refractivity contribution in [1.29, 1.82) is 0 Å². The molecule has 0 atom stereocenters. The minimum atomic E-state index is 0.735. The number of tetrazole rings is 1. The second-order valence-corrected chi connectivity index (χ2v) is 4.25. The summed E-state index contributed by atoms with van der Waals surface area (Å²) in [6.45, 7) is 0.914. The monoisotopic (exact) mass is 215 g/mol. The van der Waals surface area contributed by atoms with Crippen molar-refractivity contribution in [2.45, 2.75) is 19.4 Å². The lowest BCUT2D eigenvalue weighted by molar-refractivity contribution is 0.548. The summed E-state index contributed by atoms with van der Waals surface area (Å²) in [5, 5.41) is 11.8. The molecule has 0 spiro atoms. The average molecular weight is 215 g/mol. The predicted octanol–water partition coefficient (Wildman–Crippen LogP) is 1.33. The van der Waals surface area contributed by atoms with Gasteiger partial charge in [0.05, 0.1) is 0 Å². The van der Waals surface area contributed by atoms with Gasteiger partial charge >= 0.3 is 0 Å². The molecule has 5 nitrogen and oxygen atoms in total. The first-order valence-electron chi connectivity index (χ1n) is 5.45. The average Bonchev–Trinajstić information content (AvgIpc) is 2.95. The van der Waals surface area contributed by atoms with Crippen molar-refractivity contribution < 1.29 is 0 Å². The number of nitrogens with two attached hydrogens (primary N) is 1. The van der Waals surface area contributed by atoms with E-state index in [4.69, 9.17) is 5.73 Å². The molecule has 5 heteroatoms. The molecule has 0 radical (unpaired) electrons. The third kappa shape index (κ3) is 1.76. The maximum atomic E-state index is 5.75. The van der Waals surface area contributed by atoms with E-state index in [1.165, 1.54) is 12.8 Å². The lowest BCUT2D eigenvalue weighted by Crippen LogP contribution is -2.04. The van der Waals surface area contributed by atoms with Crippen molar-refractivity contribution in [2.24, 2.45) is 5.92 Å². The van der Waals surface area contributed by atoms with Crippen molar-refractivity contribution in [1.82, 2.24) is 20.2 Å². The van der Waals surface area contributed by atoms with Crippen molar-refractivity contribution in [3.63, 3.8) is 0 Å². The van der Waals surface area contributed by atoms with Gasteiger partial charge in [-0.05, 0) is 41.3 Å². The van der Waals surface area contributed by atoms with E-state index in [0.717, 1.165) is 29.5 Å². The van der Waals surface area contributed by atoms with Gasteiger partial charge in [0, 0.05) is 17.8 Å². The summed E-state index contributed by atoms with van der Waals surface area (Å²) in [6.07, 6.45) is 2.58. The quantitative estimate of drug-likeness (QED) is 0.784. The van der Waals surface area contributed by atoms with Crippen LogP contribution in [0.5, 0.6) is 0 Å². The number of rotatable bonds is 3. The third-order valence-corrected chi connectivity index (χ3v) is 2.80. The van der Waals surface area contributed by atoms with E-state index in [2.05, 4.69) is 15.5 Å². The molecule has 2 N–H and O–H groups in total. The van der Waals surface area contributed by atoms with Crippen LogP contribution in [0.1, 0.15) is 12.8 Å². The van der Waals surface area contributed by atoms with Crippen LogP contribution in [0.15, 0.2) is 24.3 Å². The predicted molar refractivity (Wildman–Crippen MR) is 60.4 cm³/mol. The fourth-order valence-corrected chi connectivity index (χ4v) is 1.76. The van der Waals surface area contributed by atoms with Gasteiger partial charge in [0.1, 0.15) is 0 Å². The second-order valence-electron chi connectivity index (χ2n) is 4.25. The number of aromatic nitrogens is 4. The first kappa shape index (κ1) is 9.33. The van der Waals surface area contributed by atoms with Gasteiger partial charge in [0.2, 0.25) is 0 Å². The van der Waals surface area contributed by atoms with Gasteiger partial charge in [-0.3, -0.25) is 0 Å². The maximum absolute atomic E-state index is 5.75. The SMILES string of the molecule is Nc1cccc(-c2nnnn2CC2CC2)c1. The Labute approximate surface area is 93.3 Å². The molecule has 1 aromatic heterocycles. The molecule has 1 saturated carbocycles. The Bertz CT molecular complexity index is 501. The van der Waals surface area contributed by atoms with Crippen molar-refractivity contribution in [3.8, 4) is 11.4 Å². The second kappa shape index (κ2) is 3.59. The fraction of sp³-hybridized carbons (Fsp3) is 0.364. The summed E-state index contributed by atoms with van der Waals surface area (Å²) in [5.41, 5.74) is 7.46. The minimum Gasteiger partial charge on any atom is -0.399 e. The van der Waals surface area contributed by atoms with E-state index < -0.39 is 0 Å². The molecule has 2 aromatic rings. The highest BCUT2D eigenvalue weighted by Crippen LogP contribution is 2.31.